The fourth-order valence-corrected chi connectivity index (χ4v) is 2.07. The van der Waals surface area contributed by atoms with Crippen molar-refractivity contribution in [3.05, 3.63) is 36.2 Å². The summed E-state index contributed by atoms with van der Waals surface area (Å²) in [6, 6.07) is 10.2. The third-order valence-corrected chi connectivity index (χ3v) is 2.90. The third kappa shape index (κ3) is 1.61. The molecule has 1 aliphatic rings. The van der Waals surface area contributed by atoms with Crippen LogP contribution in [0.3, 0.4) is 0 Å². The maximum absolute atomic E-state index is 4.29. The summed E-state index contributed by atoms with van der Waals surface area (Å²) in [5.41, 5.74) is 1.14. The summed E-state index contributed by atoms with van der Waals surface area (Å²) in [7, 11) is 0. The lowest BCUT2D eigenvalue weighted by atomic mass is 10.2. The van der Waals surface area contributed by atoms with Gasteiger partial charge in [-0.05, 0) is 0 Å². The highest BCUT2D eigenvalue weighted by Gasteiger charge is 2.14. The van der Waals surface area contributed by atoms with Gasteiger partial charge < -0.3 is 9.88 Å². The van der Waals surface area contributed by atoms with Gasteiger partial charge in [-0.2, -0.15) is 0 Å². The molecule has 0 saturated carbocycles. The number of hydrogen-bond acceptors (Lipinski definition) is 3. The standard InChI is InChI=1S/C12H14N4/c1-2-4-10(5-3-1)12-15-14-11-6-7-13-8-9-16(11)12/h1-5,13H,6-9H2. The molecule has 0 fully saturated rings. The van der Waals surface area contributed by atoms with Crippen molar-refractivity contribution < 1.29 is 0 Å². The van der Waals surface area contributed by atoms with E-state index in [9.17, 15) is 0 Å². The quantitative estimate of drug-likeness (QED) is 0.772. The van der Waals surface area contributed by atoms with Gasteiger partial charge in [0.2, 0.25) is 0 Å². The minimum absolute atomic E-state index is 0.951. The number of rotatable bonds is 1. The summed E-state index contributed by atoms with van der Waals surface area (Å²) in [5, 5.41) is 11.9. The first-order chi connectivity index (χ1) is 7.95. The third-order valence-electron chi connectivity index (χ3n) is 2.90. The molecule has 2 aromatic rings. The summed E-state index contributed by atoms with van der Waals surface area (Å²) in [4.78, 5) is 0. The van der Waals surface area contributed by atoms with Gasteiger partial charge in [0.15, 0.2) is 5.82 Å². The summed E-state index contributed by atoms with van der Waals surface area (Å²) < 4.78 is 2.22. The van der Waals surface area contributed by atoms with Crippen LogP contribution in [-0.2, 0) is 13.0 Å². The Morgan fingerprint density at radius 1 is 1.06 bits per heavy atom. The summed E-state index contributed by atoms with van der Waals surface area (Å²) >= 11 is 0. The first-order valence-corrected chi connectivity index (χ1v) is 5.63. The second kappa shape index (κ2) is 4.06. The van der Waals surface area contributed by atoms with Crippen LogP contribution in [0.25, 0.3) is 11.4 Å². The Kier molecular flexibility index (Phi) is 2.42. The average molecular weight is 214 g/mol. The summed E-state index contributed by atoms with van der Waals surface area (Å²) in [6.07, 6.45) is 0.958. The van der Waals surface area contributed by atoms with E-state index in [-0.39, 0.29) is 0 Å². The van der Waals surface area contributed by atoms with Gasteiger partial charge >= 0.3 is 0 Å². The lowest BCUT2D eigenvalue weighted by Gasteiger charge is -2.06. The maximum atomic E-state index is 4.29. The van der Waals surface area contributed by atoms with E-state index >= 15 is 0 Å². The van der Waals surface area contributed by atoms with E-state index in [2.05, 4.69) is 32.2 Å². The van der Waals surface area contributed by atoms with E-state index in [4.69, 9.17) is 0 Å². The Hall–Kier alpha value is -1.68. The van der Waals surface area contributed by atoms with Crippen molar-refractivity contribution >= 4 is 0 Å². The Labute approximate surface area is 94.3 Å². The van der Waals surface area contributed by atoms with Gasteiger partial charge in [0.25, 0.3) is 0 Å². The number of aromatic nitrogens is 3. The van der Waals surface area contributed by atoms with Crippen LogP contribution >= 0.6 is 0 Å². The monoisotopic (exact) mass is 214 g/mol. The zero-order chi connectivity index (χ0) is 10.8. The fraction of sp³-hybridized carbons (Fsp3) is 0.333. The van der Waals surface area contributed by atoms with Crippen LogP contribution in [0.5, 0.6) is 0 Å². The molecule has 0 unspecified atom stereocenters. The van der Waals surface area contributed by atoms with Crippen LogP contribution in [0.2, 0.25) is 0 Å². The highest BCUT2D eigenvalue weighted by Crippen LogP contribution is 2.18. The first-order valence-electron chi connectivity index (χ1n) is 5.63. The molecule has 0 saturated heterocycles. The van der Waals surface area contributed by atoms with Crippen molar-refractivity contribution in [2.45, 2.75) is 13.0 Å². The Morgan fingerprint density at radius 2 is 1.94 bits per heavy atom. The lowest BCUT2D eigenvalue weighted by Crippen LogP contribution is -2.17. The topological polar surface area (TPSA) is 42.7 Å². The molecular weight excluding hydrogens is 200 g/mol. The summed E-state index contributed by atoms with van der Waals surface area (Å²) in [6.45, 7) is 2.93. The molecule has 0 radical (unpaired) electrons. The Bertz CT molecular complexity index is 475. The number of nitrogens with one attached hydrogen (secondary N) is 1. The molecule has 4 heteroatoms. The molecule has 4 nitrogen and oxygen atoms in total. The van der Waals surface area contributed by atoms with Gasteiger partial charge in [-0.3, -0.25) is 0 Å². The van der Waals surface area contributed by atoms with Gasteiger partial charge in [0.05, 0.1) is 0 Å². The molecule has 0 aliphatic carbocycles. The van der Waals surface area contributed by atoms with Crippen molar-refractivity contribution in [2.75, 3.05) is 13.1 Å². The van der Waals surface area contributed by atoms with E-state index in [1.807, 2.05) is 18.2 Å². The summed E-state index contributed by atoms with van der Waals surface area (Å²) in [5.74, 6) is 2.07. The van der Waals surface area contributed by atoms with E-state index in [1.54, 1.807) is 0 Å². The van der Waals surface area contributed by atoms with E-state index in [1.165, 1.54) is 0 Å². The zero-order valence-electron chi connectivity index (χ0n) is 9.06. The van der Waals surface area contributed by atoms with Crippen LogP contribution in [0.1, 0.15) is 5.82 Å². The molecular formula is C12H14N4. The van der Waals surface area contributed by atoms with Crippen LogP contribution in [0.15, 0.2) is 30.3 Å². The molecule has 1 aromatic carbocycles. The van der Waals surface area contributed by atoms with Gasteiger partial charge in [0, 0.05) is 31.6 Å². The van der Waals surface area contributed by atoms with Gasteiger partial charge in [-0.15, -0.1) is 10.2 Å². The van der Waals surface area contributed by atoms with Crippen molar-refractivity contribution in [1.82, 2.24) is 20.1 Å². The minimum atomic E-state index is 0.951. The van der Waals surface area contributed by atoms with Crippen LogP contribution < -0.4 is 5.32 Å². The van der Waals surface area contributed by atoms with Gasteiger partial charge in [-0.1, -0.05) is 30.3 Å². The number of fused-ring (bicyclic) bond motifs is 1. The second-order valence-corrected chi connectivity index (χ2v) is 3.96. The number of hydrogen-bond donors (Lipinski definition) is 1. The second-order valence-electron chi connectivity index (χ2n) is 3.96. The molecule has 2 heterocycles. The Balaban J connectivity index is 2.06. The average Bonchev–Trinajstić information content (AvgIpc) is 2.60. The molecule has 3 rings (SSSR count). The normalized spacial score (nSPS) is 15.5. The minimum Gasteiger partial charge on any atom is -0.315 e. The van der Waals surface area contributed by atoms with Gasteiger partial charge in [-0.25, -0.2) is 0 Å². The Morgan fingerprint density at radius 3 is 2.81 bits per heavy atom. The molecule has 1 N–H and O–H groups in total. The van der Waals surface area contributed by atoms with E-state index in [0.717, 1.165) is 43.3 Å². The van der Waals surface area contributed by atoms with Crippen molar-refractivity contribution in [3.63, 3.8) is 0 Å². The highest BCUT2D eigenvalue weighted by molar-refractivity contribution is 5.55. The molecule has 0 spiro atoms. The van der Waals surface area contributed by atoms with Crippen molar-refractivity contribution in [1.29, 1.82) is 0 Å². The predicted octanol–water partition coefficient (Wildman–Crippen LogP) is 1.09. The molecule has 1 aromatic heterocycles. The molecule has 1 aliphatic heterocycles. The molecule has 0 atom stereocenters. The number of benzene rings is 1. The molecule has 82 valence electrons. The van der Waals surface area contributed by atoms with E-state index in [0.29, 0.717) is 0 Å². The van der Waals surface area contributed by atoms with Crippen molar-refractivity contribution in [2.24, 2.45) is 0 Å². The van der Waals surface area contributed by atoms with Crippen LogP contribution in [0, 0.1) is 0 Å². The zero-order valence-corrected chi connectivity index (χ0v) is 9.06. The highest BCUT2D eigenvalue weighted by atomic mass is 15.3. The smallest absolute Gasteiger partial charge is 0.164 e. The van der Waals surface area contributed by atoms with Crippen molar-refractivity contribution in [3.8, 4) is 11.4 Å². The van der Waals surface area contributed by atoms with E-state index < -0.39 is 0 Å². The maximum Gasteiger partial charge on any atom is 0.164 e. The number of nitrogens with zero attached hydrogens (tertiary/aromatic N) is 3. The SMILES string of the molecule is c1ccc(-c2nnc3n2CCNCC3)cc1. The molecule has 0 bridgehead atoms. The first kappa shape index (κ1) is 9.54. The largest absolute Gasteiger partial charge is 0.315 e. The van der Waals surface area contributed by atoms with Crippen LogP contribution in [0.4, 0.5) is 0 Å². The predicted molar refractivity (Wildman–Crippen MR) is 62.0 cm³/mol. The van der Waals surface area contributed by atoms with Gasteiger partial charge in [0.1, 0.15) is 5.82 Å². The molecule has 0 amide bonds. The fourth-order valence-electron chi connectivity index (χ4n) is 2.07. The van der Waals surface area contributed by atoms with Crippen LogP contribution in [-0.4, -0.2) is 27.9 Å². The molecule has 16 heavy (non-hydrogen) atoms. The lowest BCUT2D eigenvalue weighted by molar-refractivity contribution is 0.647.